The van der Waals surface area contributed by atoms with Crippen LogP contribution in [0.1, 0.15) is 37.8 Å². The fourth-order valence-corrected chi connectivity index (χ4v) is 3.55. The molecule has 0 spiro atoms. The SMILES string of the molecule is CC(NC1CC2CCC1O2)c1cccc(Cl)c1Cl. The van der Waals surface area contributed by atoms with Gasteiger partial charge in [-0.3, -0.25) is 0 Å². The molecule has 18 heavy (non-hydrogen) atoms. The van der Waals surface area contributed by atoms with Gasteiger partial charge in [-0.2, -0.15) is 0 Å². The Kier molecular flexibility index (Phi) is 3.55. The van der Waals surface area contributed by atoms with Crippen LogP contribution in [0.5, 0.6) is 0 Å². The maximum atomic E-state index is 6.25. The maximum Gasteiger partial charge on any atom is 0.0733 e. The van der Waals surface area contributed by atoms with Gasteiger partial charge in [0.25, 0.3) is 0 Å². The Morgan fingerprint density at radius 2 is 2.17 bits per heavy atom. The molecule has 1 aromatic rings. The third-order valence-corrected chi connectivity index (χ3v) is 4.85. The normalized spacial score (nSPS) is 31.8. The summed E-state index contributed by atoms with van der Waals surface area (Å²) >= 11 is 12.3. The van der Waals surface area contributed by atoms with E-state index in [1.807, 2.05) is 18.2 Å². The van der Waals surface area contributed by atoms with E-state index in [2.05, 4.69) is 12.2 Å². The molecule has 2 bridgehead atoms. The molecule has 2 aliphatic rings. The van der Waals surface area contributed by atoms with Crippen LogP contribution in [0.3, 0.4) is 0 Å². The van der Waals surface area contributed by atoms with E-state index in [1.54, 1.807) is 0 Å². The summed E-state index contributed by atoms with van der Waals surface area (Å²) in [6.07, 6.45) is 4.37. The van der Waals surface area contributed by atoms with Gasteiger partial charge in [0.1, 0.15) is 0 Å². The van der Waals surface area contributed by atoms with Gasteiger partial charge in [-0.15, -0.1) is 0 Å². The van der Waals surface area contributed by atoms with Crippen molar-refractivity contribution in [2.75, 3.05) is 0 Å². The fraction of sp³-hybridized carbons (Fsp3) is 0.571. The Hall–Kier alpha value is -0.280. The summed E-state index contributed by atoms with van der Waals surface area (Å²) in [5.41, 5.74) is 1.06. The van der Waals surface area contributed by atoms with Crippen molar-refractivity contribution in [2.45, 2.75) is 50.5 Å². The lowest BCUT2D eigenvalue weighted by molar-refractivity contribution is 0.0962. The number of fused-ring (bicyclic) bond motifs is 2. The van der Waals surface area contributed by atoms with Crippen LogP contribution < -0.4 is 5.32 Å². The zero-order chi connectivity index (χ0) is 12.7. The predicted octanol–water partition coefficient (Wildman–Crippen LogP) is 3.96. The van der Waals surface area contributed by atoms with Crippen LogP contribution in [0.2, 0.25) is 10.0 Å². The van der Waals surface area contributed by atoms with Crippen LogP contribution in [0, 0.1) is 0 Å². The van der Waals surface area contributed by atoms with Crippen molar-refractivity contribution in [1.29, 1.82) is 0 Å². The Labute approximate surface area is 118 Å². The molecule has 2 saturated heterocycles. The van der Waals surface area contributed by atoms with Gasteiger partial charge in [0, 0.05) is 12.1 Å². The largest absolute Gasteiger partial charge is 0.373 e. The molecule has 0 saturated carbocycles. The van der Waals surface area contributed by atoms with Crippen LogP contribution in [0.4, 0.5) is 0 Å². The Morgan fingerprint density at radius 1 is 1.33 bits per heavy atom. The molecular weight excluding hydrogens is 269 g/mol. The molecule has 3 rings (SSSR count). The van der Waals surface area contributed by atoms with E-state index in [-0.39, 0.29) is 6.04 Å². The number of hydrogen-bond acceptors (Lipinski definition) is 2. The minimum atomic E-state index is 0.198. The van der Waals surface area contributed by atoms with Crippen LogP contribution in [-0.2, 0) is 4.74 Å². The minimum absolute atomic E-state index is 0.198. The zero-order valence-electron chi connectivity index (χ0n) is 10.3. The van der Waals surface area contributed by atoms with Gasteiger partial charge < -0.3 is 10.1 Å². The topological polar surface area (TPSA) is 21.3 Å². The van der Waals surface area contributed by atoms with Crippen LogP contribution >= 0.6 is 23.2 Å². The van der Waals surface area contributed by atoms with E-state index >= 15 is 0 Å². The second-order valence-electron chi connectivity index (χ2n) is 5.25. The first-order valence-corrected chi connectivity index (χ1v) is 7.26. The second-order valence-corrected chi connectivity index (χ2v) is 6.03. The van der Waals surface area contributed by atoms with Crippen molar-refractivity contribution in [2.24, 2.45) is 0 Å². The van der Waals surface area contributed by atoms with E-state index in [4.69, 9.17) is 27.9 Å². The van der Waals surface area contributed by atoms with Gasteiger partial charge >= 0.3 is 0 Å². The van der Waals surface area contributed by atoms with E-state index in [0.29, 0.717) is 28.3 Å². The van der Waals surface area contributed by atoms with Gasteiger partial charge in [-0.25, -0.2) is 0 Å². The fourth-order valence-electron chi connectivity index (χ4n) is 3.08. The summed E-state index contributed by atoms with van der Waals surface area (Å²) in [7, 11) is 0. The van der Waals surface area contributed by atoms with Crippen molar-refractivity contribution in [1.82, 2.24) is 5.32 Å². The third-order valence-electron chi connectivity index (χ3n) is 4.02. The average molecular weight is 286 g/mol. The Morgan fingerprint density at radius 3 is 2.83 bits per heavy atom. The van der Waals surface area contributed by atoms with Crippen LogP contribution in [0.15, 0.2) is 18.2 Å². The lowest BCUT2D eigenvalue weighted by Gasteiger charge is -2.25. The van der Waals surface area contributed by atoms with E-state index in [1.165, 1.54) is 12.8 Å². The average Bonchev–Trinajstić information content (AvgIpc) is 2.94. The molecule has 0 radical (unpaired) electrons. The predicted molar refractivity (Wildman–Crippen MR) is 74.3 cm³/mol. The van der Waals surface area contributed by atoms with Crippen LogP contribution in [-0.4, -0.2) is 18.2 Å². The Balaban J connectivity index is 1.71. The molecule has 2 fully saturated rings. The van der Waals surface area contributed by atoms with Crippen molar-refractivity contribution in [3.05, 3.63) is 33.8 Å². The lowest BCUT2D eigenvalue weighted by atomic mass is 9.94. The molecule has 4 heteroatoms. The molecular formula is C14H17Cl2NO. The summed E-state index contributed by atoms with van der Waals surface area (Å²) in [5, 5.41) is 4.90. The highest BCUT2D eigenvalue weighted by molar-refractivity contribution is 6.42. The molecule has 1 N–H and O–H groups in total. The summed E-state index contributed by atoms with van der Waals surface area (Å²) in [4.78, 5) is 0. The number of nitrogens with one attached hydrogen (secondary N) is 1. The molecule has 4 atom stereocenters. The highest BCUT2D eigenvalue weighted by Gasteiger charge is 2.41. The third kappa shape index (κ3) is 2.27. The number of halogens is 2. The highest BCUT2D eigenvalue weighted by atomic mass is 35.5. The molecule has 98 valence electrons. The van der Waals surface area contributed by atoms with Gasteiger partial charge in [-0.1, -0.05) is 35.3 Å². The van der Waals surface area contributed by atoms with Crippen molar-refractivity contribution in [3.8, 4) is 0 Å². The summed E-state index contributed by atoms with van der Waals surface area (Å²) in [6.45, 7) is 2.13. The van der Waals surface area contributed by atoms with Gasteiger partial charge in [0.05, 0.1) is 22.3 Å². The minimum Gasteiger partial charge on any atom is -0.373 e. The van der Waals surface area contributed by atoms with Gasteiger partial charge in [-0.05, 0) is 37.8 Å². The number of rotatable bonds is 3. The Bertz CT molecular complexity index is 451. The van der Waals surface area contributed by atoms with Gasteiger partial charge in [0.2, 0.25) is 0 Å². The standard InChI is InChI=1S/C14H17Cl2NO/c1-8(10-3-2-4-11(15)14(10)16)17-12-7-9-5-6-13(12)18-9/h2-4,8-9,12-13,17H,5-7H2,1H3. The smallest absolute Gasteiger partial charge is 0.0733 e. The summed E-state index contributed by atoms with van der Waals surface area (Å²) in [5.74, 6) is 0. The number of ether oxygens (including phenoxy) is 1. The maximum absolute atomic E-state index is 6.25. The molecule has 0 aromatic heterocycles. The highest BCUT2D eigenvalue weighted by Crippen LogP contribution is 2.36. The second kappa shape index (κ2) is 5.01. The van der Waals surface area contributed by atoms with E-state index < -0.39 is 0 Å². The summed E-state index contributed by atoms with van der Waals surface area (Å²) in [6, 6.07) is 6.44. The summed E-state index contributed by atoms with van der Waals surface area (Å²) < 4.78 is 5.85. The number of benzene rings is 1. The molecule has 1 aromatic carbocycles. The molecule has 4 unspecified atom stereocenters. The molecule has 2 aliphatic heterocycles. The first kappa shape index (κ1) is 12.7. The molecule has 0 aliphatic carbocycles. The van der Waals surface area contributed by atoms with Crippen molar-refractivity contribution < 1.29 is 4.74 Å². The van der Waals surface area contributed by atoms with E-state index in [9.17, 15) is 0 Å². The molecule has 0 amide bonds. The van der Waals surface area contributed by atoms with E-state index in [0.717, 1.165) is 12.0 Å². The zero-order valence-corrected chi connectivity index (χ0v) is 11.8. The first-order valence-electron chi connectivity index (χ1n) is 6.50. The van der Waals surface area contributed by atoms with Crippen molar-refractivity contribution in [3.63, 3.8) is 0 Å². The molecule has 2 nitrogen and oxygen atoms in total. The quantitative estimate of drug-likeness (QED) is 0.908. The van der Waals surface area contributed by atoms with Crippen molar-refractivity contribution >= 4 is 23.2 Å². The lowest BCUT2D eigenvalue weighted by Crippen LogP contribution is -2.39. The van der Waals surface area contributed by atoms with Gasteiger partial charge in [0.15, 0.2) is 0 Å². The first-order chi connectivity index (χ1) is 8.65. The monoisotopic (exact) mass is 285 g/mol. The molecule has 2 heterocycles. The number of hydrogen-bond donors (Lipinski definition) is 1. The van der Waals surface area contributed by atoms with Crippen LogP contribution in [0.25, 0.3) is 0 Å².